The molecule has 1 aromatic carbocycles. The topological polar surface area (TPSA) is 92.5 Å². The first-order valence-electron chi connectivity index (χ1n) is 8.93. The van der Waals surface area contributed by atoms with Crippen LogP contribution in [0.2, 0.25) is 0 Å². The molecule has 1 aliphatic heterocycles. The number of carbonyl (C=O) groups is 3. The van der Waals surface area contributed by atoms with E-state index in [1.807, 2.05) is 31.2 Å². The van der Waals surface area contributed by atoms with Crippen molar-refractivity contribution < 1.29 is 14.4 Å². The van der Waals surface area contributed by atoms with E-state index in [1.165, 1.54) is 0 Å². The largest absolute Gasteiger partial charge is 0.368 e. The van der Waals surface area contributed by atoms with Crippen molar-refractivity contribution >= 4 is 23.4 Å². The van der Waals surface area contributed by atoms with Gasteiger partial charge in [-0.2, -0.15) is 0 Å². The summed E-state index contributed by atoms with van der Waals surface area (Å²) < 4.78 is 0. The summed E-state index contributed by atoms with van der Waals surface area (Å²) in [4.78, 5) is 38.4. The maximum Gasteiger partial charge on any atom is 0.243 e. The zero-order valence-electron chi connectivity index (χ0n) is 14.6. The molecule has 0 radical (unpaired) electrons. The predicted molar refractivity (Wildman–Crippen MR) is 94.8 cm³/mol. The lowest BCUT2D eigenvalue weighted by Gasteiger charge is -2.31. The number of para-hydroxylation sites is 1. The summed E-state index contributed by atoms with van der Waals surface area (Å²) in [5.74, 6) is -0.573. The molecule has 0 aromatic heterocycles. The second kappa shape index (κ2) is 6.86. The molecular formula is C19H25N3O3. The first-order valence-corrected chi connectivity index (χ1v) is 8.93. The molecule has 2 atom stereocenters. The number of hydrogen-bond acceptors (Lipinski definition) is 3. The van der Waals surface area contributed by atoms with Crippen LogP contribution < -0.4 is 16.0 Å². The third-order valence-electron chi connectivity index (χ3n) is 5.56. The number of hydrogen-bond donors (Lipinski definition) is 2. The number of benzene rings is 1. The number of amides is 3. The summed E-state index contributed by atoms with van der Waals surface area (Å²) in [5, 5.41) is 2.90. The average Bonchev–Trinajstić information content (AvgIpc) is 3.15. The minimum Gasteiger partial charge on any atom is -0.368 e. The molecule has 3 rings (SSSR count). The first-order chi connectivity index (χ1) is 11.9. The number of nitrogens with one attached hydrogen (secondary N) is 1. The molecule has 3 N–H and O–H groups in total. The minimum absolute atomic E-state index is 0.0318. The fraction of sp³-hybridized carbons (Fsp3) is 0.526. The van der Waals surface area contributed by atoms with Crippen LogP contribution in [0.25, 0.3) is 0 Å². The highest BCUT2D eigenvalue weighted by molar-refractivity contribution is 5.97. The Hall–Kier alpha value is -2.37. The van der Waals surface area contributed by atoms with Gasteiger partial charge < -0.3 is 16.0 Å². The molecule has 1 aliphatic carbocycles. The van der Waals surface area contributed by atoms with E-state index < -0.39 is 11.4 Å². The molecule has 1 aromatic rings. The minimum atomic E-state index is -0.949. The number of nitrogens with zero attached hydrogens (tertiary/aromatic N) is 1. The third kappa shape index (κ3) is 3.25. The van der Waals surface area contributed by atoms with Gasteiger partial charge in [0.2, 0.25) is 17.7 Å². The van der Waals surface area contributed by atoms with E-state index in [2.05, 4.69) is 5.32 Å². The zero-order valence-corrected chi connectivity index (χ0v) is 14.6. The van der Waals surface area contributed by atoms with E-state index in [-0.39, 0.29) is 24.2 Å². The molecule has 134 valence electrons. The van der Waals surface area contributed by atoms with Crippen molar-refractivity contribution in [3.63, 3.8) is 0 Å². The normalized spacial score (nSPS) is 26.0. The van der Waals surface area contributed by atoms with E-state index in [9.17, 15) is 14.4 Å². The van der Waals surface area contributed by atoms with Gasteiger partial charge >= 0.3 is 0 Å². The van der Waals surface area contributed by atoms with Crippen LogP contribution in [0.4, 0.5) is 5.69 Å². The highest BCUT2D eigenvalue weighted by Gasteiger charge is 2.46. The van der Waals surface area contributed by atoms with E-state index in [0.717, 1.165) is 30.5 Å². The van der Waals surface area contributed by atoms with Crippen LogP contribution in [0.3, 0.4) is 0 Å². The Labute approximate surface area is 147 Å². The standard InChI is InChI=1S/C19H25N3O3/c1-13-6-4-10-19(13,18(20)25)21-16(23)12-14-7-2-3-8-15(14)22-11-5-9-17(22)24/h2-3,7-8,13H,4-6,9-12H2,1H3,(H2,20,25)(H,21,23). The lowest BCUT2D eigenvalue weighted by Crippen LogP contribution is -2.59. The first kappa shape index (κ1) is 17.5. The molecule has 6 heteroatoms. The highest BCUT2D eigenvalue weighted by Crippen LogP contribution is 2.35. The quantitative estimate of drug-likeness (QED) is 0.849. The Bertz CT molecular complexity index is 703. The summed E-state index contributed by atoms with van der Waals surface area (Å²) in [6.07, 6.45) is 3.85. The van der Waals surface area contributed by atoms with Crippen LogP contribution in [0, 0.1) is 5.92 Å². The molecule has 2 fully saturated rings. The van der Waals surface area contributed by atoms with Gasteiger partial charge in [0.1, 0.15) is 5.54 Å². The summed E-state index contributed by atoms with van der Waals surface area (Å²) >= 11 is 0. The SMILES string of the molecule is CC1CCCC1(NC(=O)Cc1ccccc1N1CCCC1=O)C(N)=O. The lowest BCUT2D eigenvalue weighted by molar-refractivity contribution is -0.132. The molecule has 2 aliphatic rings. The van der Waals surface area contributed by atoms with E-state index in [4.69, 9.17) is 5.73 Å². The second-order valence-corrected chi connectivity index (χ2v) is 7.13. The third-order valence-corrected chi connectivity index (χ3v) is 5.56. The van der Waals surface area contributed by atoms with Gasteiger partial charge in [0.15, 0.2) is 0 Å². The molecule has 1 saturated heterocycles. The lowest BCUT2D eigenvalue weighted by atomic mass is 9.87. The number of nitrogens with two attached hydrogens (primary N) is 1. The van der Waals surface area contributed by atoms with Crippen molar-refractivity contribution in [2.24, 2.45) is 11.7 Å². The van der Waals surface area contributed by atoms with Gasteiger partial charge in [-0.25, -0.2) is 0 Å². The Morgan fingerprint density at radius 1 is 1.32 bits per heavy atom. The molecule has 0 spiro atoms. The maximum atomic E-state index is 12.6. The zero-order chi connectivity index (χ0) is 18.0. The van der Waals surface area contributed by atoms with Crippen molar-refractivity contribution in [3.05, 3.63) is 29.8 Å². The van der Waals surface area contributed by atoms with Crippen LogP contribution in [0.1, 0.15) is 44.6 Å². The average molecular weight is 343 g/mol. The number of carbonyl (C=O) groups excluding carboxylic acids is 3. The number of primary amides is 1. The van der Waals surface area contributed by atoms with Crippen molar-refractivity contribution in [1.29, 1.82) is 0 Å². The van der Waals surface area contributed by atoms with Crippen LogP contribution in [-0.4, -0.2) is 29.8 Å². The van der Waals surface area contributed by atoms with Crippen molar-refractivity contribution in [1.82, 2.24) is 5.32 Å². The van der Waals surface area contributed by atoms with Gasteiger partial charge in [-0.15, -0.1) is 0 Å². The monoisotopic (exact) mass is 343 g/mol. The Kier molecular flexibility index (Phi) is 4.79. The van der Waals surface area contributed by atoms with Crippen molar-refractivity contribution in [2.75, 3.05) is 11.4 Å². The van der Waals surface area contributed by atoms with E-state index >= 15 is 0 Å². The van der Waals surface area contributed by atoms with Crippen LogP contribution in [-0.2, 0) is 20.8 Å². The fourth-order valence-electron chi connectivity index (χ4n) is 4.09. The highest BCUT2D eigenvalue weighted by atomic mass is 16.2. The van der Waals surface area contributed by atoms with Crippen LogP contribution in [0.5, 0.6) is 0 Å². The molecular weight excluding hydrogens is 318 g/mol. The van der Waals surface area contributed by atoms with Crippen molar-refractivity contribution in [2.45, 2.75) is 51.0 Å². The molecule has 0 bridgehead atoms. The molecule has 6 nitrogen and oxygen atoms in total. The van der Waals surface area contributed by atoms with Gasteiger partial charge in [0.05, 0.1) is 6.42 Å². The maximum absolute atomic E-state index is 12.6. The summed E-state index contributed by atoms with van der Waals surface area (Å²) in [6, 6.07) is 7.45. The van der Waals surface area contributed by atoms with Gasteiger partial charge in [-0.3, -0.25) is 14.4 Å². The molecule has 2 unspecified atom stereocenters. The fourth-order valence-corrected chi connectivity index (χ4v) is 4.09. The molecule has 1 heterocycles. The molecule has 25 heavy (non-hydrogen) atoms. The van der Waals surface area contributed by atoms with Crippen LogP contribution in [0.15, 0.2) is 24.3 Å². The van der Waals surface area contributed by atoms with Gasteiger partial charge in [-0.05, 0) is 36.8 Å². The summed E-state index contributed by atoms with van der Waals surface area (Å²) in [6.45, 7) is 2.63. The number of anilines is 1. The van der Waals surface area contributed by atoms with Crippen LogP contribution >= 0.6 is 0 Å². The van der Waals surface area contributed by atoms with Crippen molar-refractivity contribution in [3.8, 4) is 0 Å². The number of rotatable bonds is 5. The summed E-state index contributed by atoms with van der Waals surface area (Å²) in [5.41, 5.74) is 6.23. The predicted octanol–water partition coefficient (Wildman–Crippen LogP) is 1.52. The Balaban J connectivity index is 1.78. The van der Waals surface area contributed by atoms with E-state index in [0.29, 0.717) is 19.4 Å². The summed E-state index contributed by atoms with van der Waals surface area (Å²) in [7, 11) is 0. The Morgan fingerprint density at radius 2 is 2.08 bits per heavy atom. The van der Waals surface area contributed by atoms with Gasteiger partial charge in [-0.1, -0.05) is 31.5 Å². The molecule has 3 amide bonds. The molecule has 1 saturated carbocycles. The van der Waals surface area contributed by atoms with Gasteiger partial charge in [0.25, 0.3) is 0 Å². The second-order valence-electron chi connectivity index (χ2n) is 7.13. The van der Waals surface area contributed by atoms with Gasteiger partial charge in [0, 0.05) is 18.7 Å². The smallest absolute Gasteiger partial charge is 0.243 e. The van der Waals surface area contributed by atoms with E-state index in [1.54, 1.807) is 4.90 Å². The Morgan fingerprint density at radius 3 is 2.68 bits per heavy atom.